The fraction of sp³-hybridized carbons (Fsp3) is 0.0833. The van der Waals surface area contributed by atoms with Gasteiger partial charge in [0.2, 0.25) is 0 Å². The smallest absolute Gasteiger partial charge is 0.269 e. The van der Waals surface area contributed by atoms with E-state index in [9.17, 15) is 10.1 Å². The minimum absolute atomic E-state index is 0.00939. The van der Waals surface area contributed by atoms with Crippen molar-refractivity contribution in [2.75, 3.05) is 5.73 Å². The van der Waals surface area contributed by atoms with Crippen molar-refractivity contribution < 1.29 is 4.92 Å². The molecule has 6 heteroatoms. The topological polar surface area (TPSA) is 97.9 Å². The lowest BCUT2D eigenvalue weighted by atomic mass is 10.1. The highest BCUT2D eigenvalue weighted by Gasteiger charge is 2.10. The van der Waals surface area contributed by atoms with Gasteiger partial charge in [0, 0.05) is 29.6 Å². The number of nitrogens with two attached hydrogens (primary N) is 1. The molecule has 0 atom stereocenters. The number of nitriles is 1. The second-order valence-electron chi connectivity index (χ2n) is 3.77. The van der Waals surface area contributed by atoms with Gasteiger partial charge in [-0.15, -0.1) is 0 Å². The molecule has 1 heterocycles. The van der Waals surface area contributed by atoms with Crippen LogP contribution in [0.3, 0.4) is 0 Å². The number of aromatic nitrogens is 1. The Morgan fingerprint density at radius 1 is 1.44 bits per heavy atom. The minimum atomic E-state index is -0.468. The number of hydrogen-bond acceptors (Lipinski definition) is 4. The fourth-order valence-corrected chi connectivity index (χ4v) is 1.68. The van der Waals surface area contributed by atoms with Gasteiger partial charge < -0.3 is 10.3 Å². The van der Waals surface area contributed by atoms with Gasteiger partial charge in [-0.25, -0.2) is 0 Å². The van der Waals surface area contributed by atoms with E-state index in [-0.39, 0.29) is 5.69 Å². The van der Waals surface area contributed by atoms with Crippen molar-refractivity contribution in [2.45, 2.75) is 6.54 Å². The molecular weight excluding hydrogens is 232 g/mol. The van der Waals surface area contributed by atoms with Gasteiger partial charge in [-0.05, 0) is 18.2 Å². The molecule has 0 unspecified atom stereocenters. The van der Waals surface area contributed by atoms with Crippen LogP contribution in [0.25, 0.3) is 0 Å². The SMILES string of the molecule is N#Cc1cccn1Cc1cc([N+](=O)[O-])ccc1N. The maximum absolute atomic E-state index is 10.7. The van der Waals surface area contributed by atoms with E-state index in [2.05, 4.69) is 0 Å². The molecule has 18 heavy (non-hydrogen) atoms. The van der Waals surface area contributed by atoms with E-state index in [0.29, 0.717) is 23.5 Å². The summed E-state index contributed by atoms with van der Waals surface area (Å²) >= 11 is 0. The maximum atomic E-state index is 10.7. The first kappa shape index (κ1) is 11.7. The van der Waals surface area contributed by atoms with Crippen molar-refractivity contribution in [3.63, 3.8) is 0 Å². The molecule has 0 spiro atoms. The molecule has 0 aliphatic heterocycles. The molecule has 0 aliphatic rings. The van der Waals surface area contributed by atoms with Crippen molar-refractivity contribution in [2.24, 2.45) is 0 Å². The maximum Gasteiger partial charge on any atom is 0.269 e. The van der Waals surface area contributed by atoms with Gasteiger partial charge in [0.05, 0.1) is 11.5 Å². The second kappa shape index (κ2) is 4.59. The molecule has 1 aromatic carbocycles. The van der Waals surface area contributed by atoms with E-state index in [4.69, 9.17) is 11.0 Å². The normalized spacial score (nSPS) is 9.94. The molecule has 0 bridgehead atoms. The molecule has 0 saturated carbocycles. The standard InChI is InChI=1S/C12H10N4O2/c13-7-11-2-1-5-15(11)8-9-6-10(16(17)18)3-4-12(9)14/h1-6H,8,14H2. The largest absolute Gasteiger partial charge is 0.398 e. The second-order valence-corrected chi connectivity index (χ2v) is 3.77. The Labute approximate surface area is 103 Å². The highest BCUT2D eigenvalue weighted by molar-refractivity contribution is 5.53. The van der Waals surface area contributed by atoms with Crippen LogP contribution in [0.4, 0.5) is 11.4 Å². The summed E-state index contributed by atoms with van der Waals surface area (Å²) in [6.07, 6.45) is 1.73. The van der Waals surface area contributed by atoms with Gasteiger partial charge in [0.15, 0.2) is 0 Å². The fourth-order valence-electron chi connectivity index (χ4n) is 1.68. The number of benzene rings is 1. The number of rotatable bonds is 3. The third-order valence-corrected chi connectivity index (χ3v) is 2.62. The Bertz CT molecular complexity index is 640. The van der Waals surface area contributed by atoms with E-state index < -0.39 is 4.92 Å². The summed E-state index contributed by atoms with van der Waals surface area (Å²) in [5.41, 5.74) is 7.35. The van der Waals surface area contributed by atoms with Crippen molar-refractivity contribution in [1.82, 2.24) is 4.57 Å². The molecule has 0 fully saturated rings. The van der Waals surface area contributed by atoms with Crippen LogP contribution in [-0.2, 0) is 6.54 Å². The number of nitro groups is 1. The zero-order valence-corrected chi connectivity index (χ0v) is 9.41. The first-order valence-corrected chi connectivity index (χ1v) is 5.20. The molecule has 0 saturated heterocycles. The van der Waals surface area contributed by atoms with Crippen molar-refractivity contribution >= 4 is 11.4 Å². The number of nitrogen functional groups attached to an aromatic ring is 1. The van der Waals surface area contributed by atoms with Crippen LogP contribution in [0.1, 0.15) is 11.3 Å². The van der Waals surface area contributed by atoms with Crippen LogP contribution in [0.2, 0.25) is 0 Å². The van der Waals surface area contributed by atoms with Crippen LogP contribution < -0.4 is 5.73 Å². The number of hydrogen-bond donors (Lipinski definition) is 1. The Morgan fingerprint density at radius 2 is 2.22 bits per heavy atom. The van der Waals surface area contributed by atoms with Gasteiger partial charge >= 0.3 is 0 Å². The molecule has 0 amide bonds. The summed E-state index contributed by atoms with van der Waals surface area (Å²) in [7, 11) is 0. The van der Waals surface area contributed by atoms with Crippen molar-refractivity contribution in [1.29, 1.82) is 5.26 Å². The van der Waals surface area contributed by atoms with Crippen LogP contribution in [0.15, 0.2) is 36.5 Å². The van der Waals surface area contributed by atoms with E-state index in [0.717, 1.165) is 0 Å². The van der Waals surface area contributed by atoms with Gasteiger partial charge in [-0.3, -0.25) is 10.1 Å². The molecule has 6 nitrogen and oxygen atoms in total. The lowest BCUT2D eigenvalue weighted by molar-refractivity contribution is -0.384. The predicted molar refractivity (Wildman–Crippen MR) is 65.8 cm³/mol. The average Bonchev–Trinajstić information content (AvgIpc) is 2.79. The monoisotopic (exact) mass is 242 g/mol. The van der Waals surface area contributed by atoms with Crippen molar-refractivity contribution in [3.8, 4) is 6.07 Å². The summed E-state index contributed by atoms with van der Waals surface area (Å²) in [5.74, 6) is 0. The predicted octanol–water partition coefficient (Wildman–Crippen LogP) is 1.90. The first-order valence-electron chi connectivity index (χ1n) is 5.20. The van der Waals surface area contributed by atoms with Crippen LogP contribution in [0.5, 0.6) is 0 Å². The number of nitro benzene ring substituents is 1. The zero-order valence-electron chi connectivity index (χ0n) is 9.41. The lowest BCUT2D eigenvalue weighted by Crippen LogP contribution is -2.04. The molecular formula is C12H10N4O2. The summed E-state index contributed by atoms with van der Waals surface area (Å²) in [6.45, 7) is 0.337. The van der Waals surface area contributed by atoms with Crippen LogP contribution >= 0.6 is 0 Å². The summed E-state index contributed by atoms with van der Waals surface area (Å²) in [6, 6.07) is 9.75. The van der Waals surface area contributed by atoms with E-state index in [1.165, 1.54) is 18.2 Å². The Hall–Kier alpha value is -2.81. The number of nitrogens with zero attached hydrogens (tertiary/aromatic N) is 3. The van der Waals surface area contributed by atoms with Crippen LogP contribution in [-0.4, -0.2) is 9.49 Å². The Balaban J connectivity index is 2.37. The first-order chi connectivity index (χ1) is 8.61. The third-order valence-electron chi connectivity index (χ3n) is 2.62. The highest BCUT2D eigenvalue weighted by atomic mass is 16.6. The summed E-state index contributed by atoms with van der Waals surface area (Å²) in [4.78, 5) is 10.2. The summed E-state index contributed by atoms with van der Waals surface area (Å²) in [5, 5.41) is 19.6. The zero-order chi connectivity index (χ0) is 13.1. The van der Waals surface area contributed by atoms with E-state index >= 15 is 0 Å². The molecule has 0 radical (unpaired) electrons. The van der Waals surface area contributed by atoms with Crippen LogP contribution in [0, 0.1) is 21.4 Å². The number of non-ortho nitro benzene ring substituents is 1. The molecule has 2 rings (SSSR count). The van der Waals surface area contributed by atoms with E-state index in [1.807, 2.05) is 6.07 Å². The Morgan fingerprint density at radius 3 is 2.89 bits per heavy atom. The molecule has 2 aromatic rings. The molecule has 0 aliphatic carbocycles. The van der Waals surface area contributed by atoms with Gasteiger partial charge in [-0.2, -0.15) is 5.26 Å². The van der Waals surface area contributed by atoms with Crippen molar-refractivity contribution in [3.05, 3.63) is 57.9 Å². The number of anilines is 1. The van der Waals surface area contributed by atoms with Gasteiger partial charge in [-0.1, -0.05) is 0 Å². The average molecular weight is 242 g/mol. The lowest BCUT2D eigenvalue weighted by Gasteiger charge is -2.07. The summed E-state index contributed by atoms with van der Waals surface area (Å²) < 4.78 is 1.69. The minimum Gasteiger partial charge on any atom is -0.398 e. The van der Waals surface area contributed by atoms with Gasteiger partial charge in [0.25, 0.3) is 5.69 Å². The quantitative estimate of drug-likeness (QED) is 0.504. The van der Waals surface area contributed by atoms with Gasteiger partial charge in [0.1, 0.15) is 11.8 Å². The van der Waals surface area contributed by atoms with E-state index in [1.54, 1.807) is 22.9 Å². The highest BCUT2D eigenvalue weighted by Crippen LogP contribution is 2.21. The molecule has 90 valence electrons. The molecule has 1 aromatic heterocycles. The third kappa shape index (κ3) is 2.15. The Kier molecular flexibility index (Phi) is 2.98. The molecule has 2 N–H and O–H groups in total.